The van der Waals surface area contributed by atoms with Crippen molar-refractivity contribution in [3.05, 3.63) is 153 Å². The number of hydrazone groups is 1. The second-order valence-corrected chi connectivity index (χ2v) is 17.0. The number of nitrogens with zero attached hydrogens (tertiary/aromatic N) is 7. The molecular formula is C36H35BrN9O2PS2. The average Bonchev–Trinajstić information content (AvgIpc) is 3.17. The molecule has 0 radical (unpaired) electrons. The molecule has 0 fully saturated rings. The normalized spacial score (nSPS) is 13.5. The highest BCUT2D eigenvalue weighted by Crippen LogP contribution is 2.46. The lowest BCUT2D eigenvalue weighted by Gasteiger charge is -2.35. The molecule has 1 aromatic heterocycles. The van der Waals surface area contributed by atoms with Crippen LogP contribution >= 0.6 is 46.5 Å². The summed E-state index contributed by atoms with van der Waals surface area (Å²) in [6.45, 7) is 3.58. The Morgan fingerprint density at radius 1 is 0.863 bits per heavy atom. The van der Waals surface area contributed by atoms with Gasteiger partial charge in [0.05, 0.1) is 13.6 Å². The number of nitrogens with one attached hydrogen (secondary N) is 2. The molecule has 0 saturated carbocycles. The lowest BCUT2D eigenvalue weighted by atomic mass is 10.2. The number of benzene rings is 4. The van der Waals surface area contributed by atoms with Crippen molar-refractivity contribution < 1.29 is 9.43 Å². The maximum Gasteiger partial charge on any atom is 0.434 e. The Labute approximate surface area is 313 Å². The Morgan fingerprint density at radius 2 is 1.41 bits per heavy atom. The van der Waals surface area contributed by atoms with E-state index in [4.69, 9.17) is 5.10 Å². The van der Waals surface area contributed by atoms with Crippen molar-refractivity contribution in [2.75, 3.05) is 12.5 Å². The summed E-state index contributed by atoms with van der Waals surface area (Å²) in [5.41, 5.74) is 7.23. The van der Waals surface area contributed by atoms with Crippen molar-refractivity contribution in [2.45, 2.75) is 25.5 Å². The van der Waals surface area contributed by atoms with Gasteiger partial charge in [-0.2, -0.15) is 10.4 Å². The summed E-state index contributed by atoms with van der Waals surface area (Å²) in [7, 11) is -2.95. The van der Waals surface area contributed by atoms with E-state index in [1.165, 1.54) is 33.2 Å². The van der Waals surface area contributed by atoms with E-state index in [1.807, 2.05) is 91.4 Å². The molecule has 5 aromatic rings. The van der Waals surface area contributed by atoms with Gasteiger partial charge in [-0.25, -0.2) is 4.33 Å². The van der Waals surface area contributed by atoms with Crippen LogP contribution in [0.3, 0.4) is 0 Å². The van der Waals surface area contributed by atoms with E-state index >= 15 is 0 Å². The Kier molecular flexibility index (Phi) is 11.5. The molecule has 2 N–H and O–H groups in total. The summed E-state index contributed by atoms with van der Waals surface area (Å²) in [6, 6.07) is 39.0. The number of thioether (sulfide) groups is 2. The van der Waals surface area contributed by atoms with Crippen LogP contribution in [0.5, 0.6) is 0 Å². The summed E-state index contributed by atoms with van der Waals surface area (Å²) in [4.78, 5) is 13.9. The first-order valence-corrected chi connectivity index (χ1v) is 20.8. The van der Waals surface area contributed by atoms with E-state index in [2.05, 4.69) is 82.8 Å². The maximum atomic E-state index is 13.9. The summed E-state index contributed by atoms with van der Waals surface area (Å²) in [5.74, 6) is -0.132. The second kappa shape index (κ2) is 16.2. The Hall–Kier alpha value is -4.62. The highest BCUT2D eigenvalue weighted by atomic mass is 79.9. The topological polar surface area (TPSA) is 126 Å². The Bertz CT molecular complexity index is 2130. The van der Waals surface area contributed by atoms with Crippen LogP contribution in [-0.2, 0) is 6.54 Å². The molecule has 0 amide bonds. The Balaban J connectivity index is 1.85. The summed E-state index contributed by atoms with van der Waals surface area (Å²) in [6.07, 6.45) is 3.64. The van der Waals surface area contributed by atoms with Crippen molar-refractivity contribution in [2.24, 2.45) is 10.2 Å². The average molecular weight is 801 g/mol. The summed E-state index contributed by atoms with van der Waals surface area (Å²) >= 11 is 6.12. The van der Waals surface area contributed by atoms with E-state index < -0.39 is 12.6 Å². The zero-order valence-corrected chi connectivity index (χ0v) is 32.4. The number of aromatic nitrogens is 3. The van der Waals surface area contributed by atoms with E-state index in [1.54, 1.807) is 13.8 Å². The number of aryl methyl sites for hydroxylation is 1. The zero-order valence-electron chi connectivity index (χ0n) is 28.3. The van der Waals surface area contributed by atoms with Gasteiger partial charge in [0.15, 0.2) is 0 Å². The molecule has 260 valence electrons. The van der Waals surface area contributed by atoms with Crippen LogP contribution in [0.15, 0.2) is 151 Å². The lowest BCUT2D eigenvalue weighted by molar-refractivity contribution is -0.412. The van der Waals surface area contributed by atoms with Gasteiger partial charge < -0.3 is 5.11 Å². The van der Waals surface area contributed by atoms with Crippen molar-refractivity contribution in [1.82, 2.24) is 30.7 Å². The van der Waals surface area contributed by atoms with Gasteiger partial charge in [0.2, 0.25) is 10.3 Å². The van der Waals surface area contributed by atoms with E-state index in [0.717, 1.165) is 25.9 Å². The van der Waals surface area contributed by atoms with Crippen molar-refractivity contribution >= 4 is 73.5 Å². The van der Waals surface area contributed by atoms with Gasteiger partial charge in [0.1, 0.15) is 5.69 Å². The highest BCUT2D eigenvalue weighted by molar-refractivity contribution is 9.10. The molecule has 0 unspecified atom stereocenters. The predicted molar refractivity (Wildman–Crippen MR) is 211 cm³/mol. The smallest absolute Gasteiger partial charge is 0.434 e. The summed E-state index contributed by atoms with van der Waals surface area (Å²) < 4.78 is 4.39. The third-order valence-electron chi connectivity index (χ3n) is 8.02. The van der Waals surface area contributed by atoms with Crippen LogP contribution < -0.4 is 37.4 Å². The number of guanidine groups is 1. The van der Waals surface area contributed by atoms with Crippen LogP contribution in [0.25, 0.3) is 0 Å². The molecular weight excluding hydrogens is 765 g/mol. The molecule has 11 nitrogen and oxygen atoms in total. The quantitative estimate of drug-likeness (QED) is 0.101. The molecule has 15 heteroatoms. The highest BCUT2D eigenvalue weighted by Gasteiger charge is 2.38. The number of hydrazine groups is 1. The van der Waals surface area contributed by atoms with Gasteiger partial charge >= 0.3 is 11.5 Å². The third-order valence-corrected chi connectivity index (χ3v) is 14.0. The van der Waals surface area contributed by atoms with Crippen LogP contribution in [-0.4, -0.2) is 47.8 Å². The number of hydrogen-bond donors (Lipinski definition) is 2. The fourth-order valence-electron chi connectivity index (χ4n) is 5.59. The molecule has 2 heterocycles. The molecule has 1 aliphatic heterocycles. The third kappa shape index (κ3) is 7.41. The van der Waals surface area contributed by atoms with E-state index in [0.29, 0.717) is 17.4 Å². The molecule has 0 saturated heterocycles. The summed E-state index contributed by atoms with van der Waals surface area (Å²) in [5, 5.41) is 37.0. The number of allylic oxidation sites excluding steroid dienone is 1. The van der Waals surface area contributed by atoms with Crippen molar-refractivity contribution in [3.8, 4) is 0 Å². The number of halogens is 1. The molecule has 51 heavy (non-hydrogen) atoms. The minimum Gasteiger partial charge on any atom is -0.856 e. The largest absolute Gasteiger partial charge is 0.856 e. The van der Waals surface area contributed by atoms with E-state index in [-0.39, 0.29) is 22.7 Å². The van der Waals surface area contributed by atoms with Gasteiger partial charge in [-0.1, -0.05) is 143 Å². The Morgan fingerprint density at radius 3 is 1.92 bits per heavy atom. The second-order valence-electron chi connectivity index (χ2n) is 11.2. The van der Waals surface area contributed by atoms with Crippen LogP contribution in [0.4, 0.5) is 0 Å². The monoisotopic (exact) mass is 799 g/mol. The fourth-order valence-corrected chi connectivity index (χ4v) is 11.0. The molecule has 4 aromatic carbocycles. The molecule has 6 rings (SSSR count). The van der Waals surface area contributed by atoms with Gasteiger partial charge in [0.25, 0.3) is 0 Å². The molecule has 0 atom stereocenters. The van der Waals surface area contributed by atoms with Crippen LogP contribution in [0.2, 0.25) is 0 Å². The van der Waals surface area contributed by atoms with Crippen LogP contribution in [0, 0.1) is 6.92 Å². The number of amidine groups is 1. The fraction of sp³-hybridized carbons (Fsp3) is 0.139. The molecule has 0 aliphatic carbocycles. The lowest BCUT2D eigenvalue weighted by Crippen LogP contribution is -2.54. The maximum absolute atomic E-state index is 13.9. The first kappa shape index (κ1) is 36.2. The van der Waals surface area contributed by atoms with Gasteiger partial charge in [-0.15, -0.1) is 20.0 Å². The number of hydrogen-bond acceptors (Lipinski definition) is 10. The number of rotatable bonds is 8. The zero-order chi connectivity index (χ0) is 36.0. The first-order chi connectivity index (χ1) is 24.8. The van der Waals surface area contributed by atoms with Crippen LogP contribution in [0.1, 0.15) is 18.2 Å². The van der Waals surface area contributed by atoms with Crippen molar-refractivity contribution in [3.63, 3.8) is 0 Å². The van der Waals surface area contributed by atoms with Crippen molar-refractivity contribution in [1.29, 1.82) is 0 Å². The molecule has 0 bridgehead atoms. The first-order valence-electron chi connectivity index (χ1n) is 15.8. The minimum absolute atomic E-state index is 0.180. The van der Waals surface area contributed by atoms with Gasteiger partial charge in [-0.05, 0) is 44.1 Å². The van der Waals surface area contributed by atoms with Gasteiger partial charge in [-0.3, -0.25) is 10.2 Å². The minimum atomic E-state index is -2.95. The standard InChI is InChI=1S/C36H35BrN9O2PS2/c1-25-32(47)45(35(50-3)40-38-25)42-34(43-46-33(48)26(2)39-41-36(46)51-4)44(24-27-20-22-28(37)23-21-27)49(29-14-8-5-9-15-29,30-16-10-6-11-17-30)31-18-12-7-13-19-31/h5-23H,24H2,1-4H3,(H2-,38,39,42,43,47,48). The SMILES string of the molecule is CSC1=NNC(C)=C([O-])N1N/C(=N\n1c(SC)nnc(C)c1=O)[N+](Cc1ccc(Br)cc1)=P(c1ccccc1)(c1ccccc1)c1ccccc1. The predicted octanol–water partition coefficient (Wildman–Crippen LogP) is 4.53. The van der Waals surface area contributed by atoms with Gasteiger partial charge in [0, 0.05) is 37.1 Å². The molecule has 1 aliphatic rings. The molecule has 0 spiro atoms. The van der Waals surface area contributed by atoms with E-state index in [9.17, 15) is 9.90 Å².